The third-order valence-electron chi connectivity index (χ3n) is 3.79. The summed E-state index contributed by atoms with van der Waals surface area (Å²) in [6.07, 6.45) is 0.771. The number of hydrogen-bond donors (Lipinski definition) is 2. The van der Waals surface area contributed by atoms with Crippen molar-refractivity contribution in [3.8, 4) is 10.6 Å². The molecule has 0 bridgehead atoms. The smallest absolute Gasteiger partial charge is 0.318 e. The van der Waals surface area contributed by atoms with Crippen LogP contribution in [0.1, 0.15) is 17.7 Å². The highest BCUT2D eigenvalue weighted by Crippen LogP contribution is 2.24. The van der Waals surface area contributed by atoms with E-state index in [1.165, 1.54) is 10.5 Å². The number of benzene rings is 1. The van der Waals surface area contributed by atoms with Crippen LogP contribution in [-0.2, 0) is 11.3 Å². The molecule has 0 aliphatic carbocycles. The minimum Gasteiger partial charge on any atom is -0.354 e. The number of carbonyl (C=O) groups is 2. The molecule has 3 amide bonds. The first-order valence-corrected chi connectivity index (χ1v) is 8.81. The number of aromatic nitrogens is 1. The molecule has 0 saturated carbocycles. The average molecular weight is 344 g/mol. The summed E-state index contributed by atoms with van der Waals surface area (Å²) < 4.78 is 0. The largest absolute Gasteiger partial charge is 0.354 e. The van der Waals surface area contributed by atoms with E-state index in [9.17, 15) is 9.59 Å². The van der Waals surface area contributed by atoms with Gasteiger partial charge < -0.3 is 15.5 Å². The van der Waals surface area contributed by atoms with Crippen LogP contribution in [0, 0.1) is 6.92 Å². The van der Waals surface area contributed by atoms with Crippen molar-refractivity contribution in [2.75, 3.05) is 19.6 Å². The highest BCUT2D eigenvalue weighted by Gasteiger charge is 2.19. The van der Waals surface area contributed by atoms with E-state index in [2.05, 4.69) is 34.7 Å². The van der Waals surface area contributed by atoms with E-state index in [-0.39, 0.29) is 18.5 Å². The minimum atomic E-state index is -0.225. The Hall–Kier alpha value is -2.41. The fraction of sp³-hybridized carbons (Fsp3) is 0.353. The molecular formula is C17H20N4O2S. The molecule has 24 heavy (non-hydrogen) atoms. The molecule has 1 saturated heterocycles. The molecule has 2 N–H and O–H groups in total. The predicted molar refractivity (Wildman–Crippen MR) is 93.7 cm³/mol. The number of nitrogens with one attached hydrogen (secondary N) is 2. The molecule has 1 aromatic carbocycles. The van der Waals surface area contributed by atoms with Crippen molar-refractivity contribution in [1.82, 2.24) is 20.5 Å². The van der Waals surface area contributed by atoms with Crippen molar-refractivity contribution in [2.24, 2.45) is 0 Å². The number of rotatable bonds is 3. The number of carbonyl (C=O) groups excluding carboxylic acids is 2. The highest BCUT2D eigenvalue weighted by molar-refractivity contribution is 7.13. The van der Waals surface area contributed by atoms with Gasteiger partial charge >= 0.3 is 6.03 Å². The highest BCUT2D eigenvalue weighted by atomic mass is 32.1. The van der Waals surface area contributed by atoms with Crippen LogP contribution >= 0.6 is 11.3 Å². The molecule has 1 fully saturated rings. The summed E-state index contributed by atoms with van der Waals surface area (Å²) >= 11 is 1.56. The summed E-state index contributed by atoms with van der Waals surface area (Å²) in [6.45, 7) is 3.72. The molecule has 7 heteroatoms. The van der Waals surface area contributed by atoms with Gasteiger partial charge in [-0.1, -0.05) is 23.8 Å². The number of thiazole rings is 1. The van der Waals surface area contributed by atoms with Gasteiger partial charge in [0.25, 0.3) is 0 Å². The van der Waals surface area contributed by atoms with Crippen LogP contribution in [0.25, 0.3) is 10.6 Å². The fourth-order valence-electron chi connectivity index (χ4n) is 2.56. The average Bonchev–Trinajstić information content (AvgIpc) is 2.94. The van der Waals surface area contributed by atoms with Crippen LogP contribution < -0.4 is 10.6 Å². The Labute approximate surface area is 144 Å². The van der Waals surface area contributed by atoms with Gasteiger partial charge in [-0.3, -0.25) is 4.79 Å². The second-order valence-electron chi connectivity index (χ2n) is 5.80. The summed E-state index contributed by atoms with van der Waals surface area (Å²) in [5, 5.41) is 8.50. The molecule has 2 heterocycles. The molecule has 0 radical (unpaired) electrons. The van der Waals surface area contributed by atoms with Crippen LogP contribution in [0.3, 0.4) is 0 Å². The maximum Gasteiger partial charge on any atom is 0.318 e. The predicted octanol–water partition coefficient (Wildman–Crippen LogP) is 2.15. The summed E-state index contributed by atoms with van der Waals surface area (Å²) in [6, 6.07) is 7.96. The van der Waals surface area contributed by atoms with Gasteiger partial charge in [-0.2, -0.15) is 0 Å². The van der Waals surface area contributed by atoms with Gasteiger partial charge in [0.1, 0.15) is 11.6 Å². The molecule has 1 aromatic heterocycles. The first kappa shape index (κ1) is 16.4. The standard InChI is InChI=1S/C17H20N4O2S/c1-12-4-2-5-13(8-12)16-20-14(11-24-16)9-19-17(23)21-7-3-6-18-15(22)10-21/h2,4-5,8,11H,3,6-7,9-10H2,1H3,(H,18,22)(H,19,23). The van der Waals surface area contributed by atoms with Gasteiger partial charge in [0, 0.05) is 24.0 Å². The van der Waals surface area contributed by atoms with Gasteiger partial charge in [-0.05, 0) is 19.4 Å². The van der Waals surface area contributed by atoms with Gasteiger partial charge in [0.2, 0.25) is 5.91 Å². The Bertz CT molecular complexity index is 744. The Morgan fingerprint density at radius 3 is 3.17 bits per heavy atom. The van der Waals surface area contributed by atoms with Gasteiger partial charge in [0.05, 0.1) is 12.2 Å². The van der Waals surface area contributed by atoms with Crippen molar-refractivity contribution in [3.63, 3.8) is 0 Å². The van der Waals surface area contributed by atoms with E-state index in [4.69, 9.17) is 0 Å². The third kappa shape index (κ3) is 4.11. The summed E-state index contributed by atoms with van der Waals surface area (Å²) in [5.41, 5.74) is 3.10. The molecule has 6 nitrogen and oxygen atoms in total. The fourth-order valence-corrected chi connectivity index (χ4v) is 3.37. The Morgan fingerprint density at radius 2 is 2.33 bits per heavy atom. The van der Waals surface area contributed by atoms with Crippen molar-refractivity contribution in [2.45, 2.75) is 19.9 Å². The number of amides is 3. The molecule has 0 spiro atoms. The Kier molecular flexibility index (Phi) is 5.10. The topological polar surface area (TPSA) is 74.3 Å². The molecule has 2 aromatic rings. The van der Waals surface area contributed by atoms with Crippen molar-refractivity contribution >= 4 is 23.3 Å². The molecule has 1 aliphatic heterocycles. The zero-order valence-electron chi connectivity index (χ0n) is 13.5. The lowest BCUT2D eigenvalue weighted by Gasteiger charge is -2.19. The molecule has 3 rings (SSSR count). The van der Waals surface area contributed by atoms with Crippen LogP contribution in [-0.4, -0.2) is 41.5 Å². The normalized spacial score (nSPS) is 14.9. The van der Waals surface area contributed by atoms with Crippen LogP contribution in [0.2, 0.25) is 0 Å². The quantitative estimate of drug-likeness (QED) is 0.896. The van der Waals surface area contributed by atoms with Crippen molar-refractivity contribution < 1.29 is 9.59 Å². The second kappa shape index (κ2) is 7.44. The summed E-state index contributed by atoms with van der Waals surface area (Å²) in [7, 11) is 0. The van der Waals surface area contributed by atoms with Crippen molar-refractivity contribution in [3.05, 3.63) is 40.9 Å². The van der Waals surface area contributed by atoms with E-state index in [0.29, 0.717) is 19.6 Å². The first-order valence-electron chi connectivity index (χ1n) is 7.93. The van der Waals surface area contributed by atoms with Gasteiger partial charge in [0.15, 0.2) is 0 Å². The number of nitrogens with zero attached hydrogens (tertiary/aromatic N) is 2. The molecule has 0 unspecified atom stereocenters. The molecular weight excluding hydrogens is 324 g/mol. The molecule has 0 atom stereocenters. The van der Waals surface area contributed by atoms with Gasteiger partial charge in [-0.25, -0.2) is 9.78 Å². The zero-order chi connectivity index (χ0) is 16.9. The summed E-state index contributed by atoms with van der Waals surface area (Å²) in [4.78, 5) is 29.8. The molecule has 1 aliphatic rings. The third-order valence-corrected chi connectivity index (χ3v) is 4.73. The van der Waals surface area contributed by atoms with E-state index in [1.807, 2.05) is 17.5 Å². The van der Waals surface area contributed by atoms with E-state index in [0.717, 1.165) is 22.7 Å². The Balaban J connectivity index is 1.59. The zero-order valence-corrected chi connectivity index (χ0v) is 14.4. The van der Waals surface area contributed by atoms with Gasteiger partial charge in [-0.15, -0.1) is 11.3 Å². The van der Waals surface area contributed by atoms with E-state index < -0.39 is 0 Å². The van der Waals surface area contributed by atoms with Crippen LogP contribution in [0.4, 0.5) is 4.79 Å². The second-order valence-corrected chi connectivity index (χ2v) is 6.66. The first-order chi connectivity index (χ1) is 11.6. The summed E-state index contributed by atoms with van der Waals surface area (Å²) in [5.74, 6) is -0.113. The lowest BCUT2D eigenvalue weighted by atomic mass is 10.1. The van der Waals surface area contributed by atoms with Crippen LogP contribution in [0.15, 0.2) is 29.6 Å². The molecule has 126 valence electrons. The SMILES string of the molecule is Cc1cccc(-c2nc(CNC(=O)N3CCCNC(=O)C3)cs2)c1. The number of urea groups is 1. The van der Waals surface area contributed by atoms with Crippen molar-refractivity contribution in [1.29, 1.82) is 0 Å². The lowest BCUT2D eigenvalue weighted by molar-refractivity contribution is -0.121. The number of aryl methyl sites for hydroxylation is 1. The maximum absolute atomic E-state index is 12.2. The maximum atomic E-state index is 12.2. The minimum absolute atomic E-state index is 0.109. The van der Waals surface area contributed by atoms with E-state index in [1.54, 1.807) is 11.3 Å². The van der Waals surface area contributed by atoms with E-state index >= 15 is 0 Å². The lowest BCUT2D eigenvalue weighted by Crippen LogP contribution is -2.43. The monoisotopic (exact) mass is 344 g/mol. The number of hydrogen-bond acceptors (Lipinski definition) is 4. The Morgan fingerprint density at radius 1 is 1.46 bits per heavy atom. The van der Waals surface area contributed by atoms with Crippen LogP contribution in [0.5, 0.6) is 0 Å².